The van der Waals surface area contributed by atoms with Gasteiger partial charge in [0, 0.05) is 26.5 Å². The highest BCUT2D eigenvalue weighted by Crippen LogP contribution is 2.31. The third kappa shape index (κ3) is 4.04. The lowest BCUT2D eigenvalue weighted by Crippen LogP contribution is -2.39. The van der Waals surface area contributed by atoms with Crippen molar-refractivity contribution in [1.29, 1.82) is 0 Å². The number of ether oxygens (including phenoxy) is 2. The molecule has 0 spiro atoms. The van der Waals surface area contributed by atoms with Gasteiger partial charge in [0.05, 0.1) is 6.61 Å². The molecular formula is C13H27NO2. The van der Waals surface area contributed by atoms with Gasteiger partial charge in [-0.05, 0) is 25.9 Å². The van der Waals surface area contributed by atoms with Gasteiger partial charge < -0.3 is 14.4 Å². The Morgan fingerprint density at radius 2 is 1.69 bits per heavy atom. The van der Waals surface area contributed by atoms with Crippen LogP contribution in [0.2, 0.25) is 0 Å². The van der Waals surface area contributed by atoms with Crippen LogP contribution in [-0.2, 0) is 9.47 Å². The van der Waals surface area contributed by atoms with E-state index in [4.69, 9.17) is 9.47 Å². The molecule has 16 heavy (non-hydrogen) atoms. The fourth-order valence-corrected chi connectivity index (χ4v) is 2.40. The van der Waals surface area contributed by atoms with E-state index >= 15 is 0 Å². The van der Waals surface area contributed by atoms with Gasteiger partial charge in [-0.2, -0.15) is 0 Å². The first-order valence-electron chi connectivity index (χ1n) is 6.68. The Balaban J connectivity index is 2.27. The van der Waals surface area contributed by atoms with E-state index in [2.05, 4.69) is 18.7 Å². The zero-order valence-corrected chi connectivity index (χ0v) is 11.1. The Morgan fingerprint density at radius 3 is 2.19 bits per heavy atom. The van der Waals surface area contributed by atoms with Crippen molar-refractivity contribution in [3.05, 3.63) is 0 Å². The molecule has 0 unspecified atom stereocenters. The Labute approximate surface area is 100 Å². The van der Waals surface area contributed by atoms with Crippen molar-refractivity contribution in [2.75, 3.05) is 33.4 Å². The molecule has 1 fully saturated rings. The van der Waals surface area contributed by atoms with Crippen molar-refractivity contribution in [1.82, 2.24) is 4.90 Å². The van der Waals surface area contributed by atoms with Crippen molar-refractivity contribution in [2.24, 2.45) is 0 Å². The molecule has 3 heteroatoms. The quantitative estimate of drug-likeness (QED) is 0.626. The molecule has 3 nitrogen and oxygen atoms in total. The zero-order chi connectivity index (χ0) is 11.9. The highest BCUT2D eigenvalue weighted by atomic mass is 16.7. The number of hydrogen-bond acceptors (Lipinski definition) is 3. The molecule has 0 N–H and O–H groups in total. The van der Waals surface area contributed by atoms with E-state index in [0.29, 0.717) is 0 Å². The van der Waals surface area contributed by atoms with Crippen molar-refractivity contribution < 1.29 is 9.47 Å². The maximum Gasteiger partial charge on any atom is 0.167 e. The second kappa shape index (κ2) is 7.25. The minimum atomic E-state index is -0.272. The molecule has 1 aliphatic carbocycles. The molecule has 0 radical (unpaired) electrons. The molecule has 0 aromatic heterocycles. The normalized spacial score (nSPS) is 20.2. The smallest absolute Gasteiger partial charge is 0.167 e. The lowest BCUT2D eigenvalue weighted by atomic mass is 9.94. The van der Waals surface area contributed by atoms with Gasteiger partial charge in [0.25, 0.3) is 0 Å². The summed E-state index contributed by atoms with van der Waals surface area (Å²) in [7, 11) is 1.78. The molecule has 0 saturated heterocycles. The number of methoxy groups -OCH3 is 1. The second-order valence-electron chi connectivity index (χ2n) is 4.55. The summed E-state index contributed by atoms with van der Waals surface area (Å²) in [6.07, 6.45) is 5.91. The first-order chi connectivity index (χ1) is 7.76. The molecule has 0 aliphatic heterocycles. The summed E-state index contributed by atoms with van der Waals surface area (Å²) in [4.78, 5) is 2.38. The van der Waals surface area contributed by atoms with E-state index in [-0.39, 0.29) is 5.79 Å². The summed E-state index contributed by atoms with van der Waals surface area (Å²) >= 11 is 0. The van der Waals surface area contributed by atoms with Crippen LogP contribution in [0.15, 0.2) is 0 Å². The van der Waals surface area contributed by atoms with Crippen molar-refractivity contribution in [2.45, 2.75) is 51.7 Å². The Bertz CT molecular complexity index is 175. The van der Waals surface area contributed by atoms with Gasteiger partial charge in [-0.1, -0.05) is 20.3 Å². The first-order valence-corrected chi connectivity index (χ1v) is 6.68. The lowest BCUT2D eigenvalue weighted by molar-refractivity contribution is -0.239. The van der Waals surface area contributed by atoms with Crippen LogP contribution in [-0.4, -0.2) is 44.0 Å². The molecule has 1 aliphatic rings. The fourth-order valence-electron chi connectivity index (χ4n) is 2.40. The van der Waals surface area contributed by atoms with Crippen LogP contribution < -0.4 is 0 Å². The lowest BCUT2D eigenvalue weighted by Gasteiger charge is -2.36. The van der Waals surface area contributed by atoms with Gasteiger partial charge in [-0.25, -0.2) is 0 Å². The topological polar surface area (TPSA) is 21.7 Å². The summed E-state index contributed by atoms with van der Waals surface area (Å²) in [6.45, 7) is 8.37. The van der Waals surface area contributed by atoms with Gasteiger partial charge in [-0.3, -0.25) is 0 Å². The minimum absolute atomic E-state index is 0.272. The van der Waals surface area contributed by atoms with Crippen LogP contribution in [0.4, 0.5) is 0 Å². The Morgan fingerprint density at radius 1 is 1.06 bits per heavy atom. The summed E-state index contributed by atoms with van der Waals surface area (Å²) < 4.78 is 11.6. The summed E-state index contributed by atoms with van der Waals surface area (Å²) in [5.74, 6) is -0.272. The zero-order valence-electron chi connectivity index (χ0n) is 11.1. The van der Waals surface area contributed by atoms with Crippen molar-refractivity contribution in [3.63, 3.8) is 0 Å². The third-order valence-electron chi connectivity index (χ3n) is 3.65. The number of hydrogen-bond donors (Lipinski definition) is 0. The van der Waals surface area contributed by atoms with Gasteiger partial charge in [0.1, 0.15) is 0 Å². The molecule has 1 rings (SSSR count). The molecule has 0 atom stereocenters. The van der Waals surface area contributed by atoms with E-state index in [1.54, 1.807) is 7.11 Å². The molecule has 0 aromatic carbocycles. The fraction of sp³-hybridized carbons (Fsp3) is 1.00. The molecule has 0 amide bonds. The SMILES string of the molecule is CCN(CC)CCOC1(OC)CCCCC1. The van der Waals surface area contributed by atoms with E-state index in [1.807, 2.05) is 0 Å². The molecular weight excluding hydrogens is 202 g/mol. The maximum atomic E-state index is 5.99. The number of rotatable bonds is 7. The molecule has 0 bridgehead atoms. The van der Waals surface area contributed by atoms with Crippen LogP contribution >= 0.6 is 0 Å². The third-order valence-corrected chi connectivity index (χ3v) is 3.65. The summed E-state index contributed by atoms with van der Waals surface area (Å²) in [6, 6.07) is 0. The van der Waals surface area contributed by atoms with E-state index < -0.39 is 0 Å². The minimum Gasteiger partial charge on any atom is -0.353 e. The van der Waals surface area contributed by atoms with Crippen molar-refractivity contribution in [3.8, 4) is 0 Å². The second-order valence-corrected chi connectivity index (χ2v) is 4.55. The van der Waals surface area contributed by atoms with Gasteiger partial charge in [0.15, 0.2) is 5.79 Å². The highest BCUT2D eigenvalue weighted by Gasteiger charge is 2.32. The predicted octanol–water partition coefficient (Wildman–Crippen LogP) is 2.65. The van der Waals surface area contributed by atoms with E-state index in [1.165, 1.54) is 19.3 Å². The van der Waals surface area contributed by atoms with Crippen molar-refractivity contribution >= 4 is 0 Å². The number of likely N-dealkylation sites (N-methyl/N-ethyl adjacent to an activating group) is 1. The average Bonchev–Trinajstić information content (AvgIpc) is 2.36. The molecule has 1 saturated carbocycles. The van der Waals surface area contributed by atoms with Crippen LogP contribution in [0.5, 0.6) is 0 Å². The summed E-state index contributed by atoms with van der Waals surface area (Å²) in [5.41, 5.74) is 0. The Kier molecular flexibility index (Phi) is 6.32. The van der Waals surface area contributed by atoms with Crippen LogP contribution in [0.1, 0.15) is 46.0 Å². The van der Waals surface area contributed by atoms with Crippen LogP contribution in [0.25, 0.3) is 0 Å². The standard InChI is InChI=1S/C13H27NO2/c1-4-14(5-2)11-12-16-13(15-3)9-7-6-8-10-13/h4-12H2,1-3H3. The summed E-state index contributed by atoms with van der Waals surface area (Å²) in [5, 5.41) is 0. The molecule has 0 aromatic rings. The number of nitrogens with zero attached hydrogens (tertiary/aromatic N) is 1. The highest BCUT2D eigenvalue weighted by molar-refractivity contribution is 4.75. The van der Waals surface area contributed by atoms with Gasteiger partial charge >= 0.3 is 0 Å². The monoisotopic (exact) mass is 229 g/mol. The van der Waals surface area contributed by atoms with Crippen LogP contribution in [0.3, 0.4) is 0 Å². The first kappa shape index (κ1) is 13.9. The van der Waals surface area contributed by atoms with Crippen LogP contribution in [0, 0.1) is 0 Å². The van der Waals surface area contributed by atoms with Gasteiger partial charge in [0.2, 0.25) is 0 Å². The Hall–Kier alpha value is -0.120. The van der Waals surface area contributed by atoms with Gasteiger partial charge in [-0.15, -0.1) is 0 Å². The average molecular weight is 229 g/mol. The van der Waals surface area contributed by atoms with E-state index in [0.717, 1.165) is 39.1 Å². The largest absolute Gasteiger partial charge is 0.353 e. The molecule has 0 heterocycles. The van der Waals surface area contributed by atoms with E-state index in [9.17, 15) is 0 Å². The maximum absolute atomic E-state index is 5.99. The molecule has 96 valence electrons. The predicted molar refractivity (Wildman–Crippen MR) is 66.6 cm³/mol.